The molecule has 0 aliphatic heterocycles. The second kappa shape index (κ2) is 4.94. The molecule has 1 aromatic heterocycles. The molecule has 0 aliphatic carbocycles. The molecule has 3 rings (SSSR count). The van der Waals surface area contributed by atoms with Gasteiger partial charge in [0.2, 0.25) is 0 Å². The Labute approximate surface area is 120 Å². The van der Waals surface area contributed by atoms with Gasteiger partial charge in [0.1, 0.15) is 0 Å². The summed E-state index contributed by atoms with van der Waals surface area (Å²) in [6, 6.07) is 14.1. The zero-order valence-corrected chi connectivity index (χ0v) is 11.2. The third-order valence-electron chi connectivity index (χ3n) is 3.16. The molecule has 0 saturated heterocycles. The van der Waals surface area contributed by atoms with Crippen molar-refractivity contribution in [2.75, 3.05) is 0 Å². The van der Waals surface area contributed by atoms with Crippen LogP contribution >= 0.6 is 11.6 Å². The maximum absolute atomic E-state index is 12.5. The first-order chi connectivity index (χ1) is 9.70. The van der Waals surface area contributed by atoms with Crippen molar-refractivity contribution in [3.8, 4) is 0 Å². The van der Waals surface area contributed by atoms with E-state index in [1.165, 1.54) is 4.57 Å². The molecule has 3 aromatic rings. The molecule has 0 radical (unpaired) electrons. The molecular formula is C16H10ClNO2. The SMILES string of the molecule is O=Cc1cn(C(=O)c2ccccc2)c2ccc(Cl)cc12. The second-order valence-electron chi connectivity index (χ2n) is 4.40. The maximum Gasteiger partial charge on any atom is 0.262 e. The molecule has 0 bridgehead atoms. The number of carbonyl (C=O) groups is 2. The van der Waals surface area contributed by atoms with Gasteiger partial charge in [-0.15, -0.1) is 0 Å². The van der Waals surface area contributed by atoms with E-state index in [1.807, 2.05) is 6.07 Å². The van der Waals surface area contributed by atoms with Gasteiger partial charge in [0.05, 0.1) is 5.52 Å². The van der Waals surface area contributed by atoms with E-state index < -0.39 is 0 Å². The Hall–Kier alpha value is -2.39. The summed E-state index contributed by atoms with van der Waals surface area (Å²) >= 11 is 5.94. The first-order valence-corrected chi connectivity index (χ1v) is 6.44. The Bertz CT molecular complexity index is 806. The van der Waals surface area contributed by atoms with Crippen LogP contribution in [-0.4, -0.2) is 16.8 Å². The summed E-state index contributed by atoms with van der Waals surface area (Å²) in [5.41, 5.74) is 1.69. The molecule has 0 aliphatic rings. The number of hydrogen-bond donors (Lipinski definition) is 0. The molecule has 2 aromatic carbocycles. The number of rotatable bonds is 2. The minimum atomic E-state index is -0.175. The van der Waals surface area contributed by atoms with E-state index in [1.54, 1.807) is 48.7 Å². The Morgan fingerprint density at radius 3 is 2.55 bits per heavy atom. The summed E-state index contributed by atoms with van der Waals surface area (Å²) in [6.45, 7) is 0. The molecule has 0 atom stereocenters. The van der Waals surface area contributed by atoms with Gasteiger partial charge in [-0.1, -0.05) is 29.8 Å². The van der Waals surface area contributed by atoms with Gasteiger partial charge in [-0.2, -0.15) is 0 Å². The van der Waals surface area contributed by atoms with E-state index in [4.69, 9.17) is 11.6 Å². The van der Waals surface area contributed by atoms with E-state index in [-0.39, 0.29) is 5.91 Å². The van der Waals surface area contributed by atoms with E-state index >= 15 is 0 Å². The zero-order chi connectivity index (χ0) is 14.1. The molecule has 0 unspecified atom stereocenters. The molecule has 0 spiro atoms. The van der Waals surface area contributed by atoms with Crippen LogP contribution in [0, 0.1) is 0 Å². The van der Waals surface area contributed by atoms with Gasteiger partial charge in [0.25, 0.3) is 5.91 Å². The van der Waals surface area contributed by atoms with Crippen LogP contribution in [0.1, 0.15) is 20.7 Å². The highest BCUT2D eigenvalue weighted by atomic mass is 35.5. The van der Waals surface area contributed by atoms with Crippen molar-refractivity contribution in [2.24, 2.45) is 0 Å². The Kier molecular flexibility index (Phi) is 3.12. The fourth-order valence-electron chi connectivity index (χ4n) is 2.21. The highest BCUT2D eigenvalue weighted by Crippen LogP contribution is 2.24. The van der Waals surface area contributed by atoms with Crippen LogP contribution in [0.3, 0.4) is 0 Å². The smallest absolute Gasteiger partial charge is 0.262 e. The predicted octanol–water partition coefficient (Wildman–Crippen LogP) is 3.80. The fourth-order valence-corrected chi connectivity index (χ4v) is 2.38. The molecule has 0 amide bonds. The number of benzene rings is 2. The first-order valence-electron chi connectivity index (χ1n) is 6.06. The van der Waals surface area contributed by atoms with Crippen LogP contribution in [0.2, 0.25) is 5.02 Å². The summed E-state index contributed by atoms with van der Waals surface area (Å²) in [5, 5.41) is 1.21. The van der Waals surface area contributed by atoms with Crippen molar-refractivity contribution in [3.63, 3.8) is 0 Å². The quantitative estimate of drug-likeness (QED) is 0.671. The summed E-state index contributed by atoms with van der Waals surface area (Å²) in [7, 11) is 0. The van der Waals surface area contributed by atoms with Gasteiger partial charge in [-0.3, -0.25) is 14.2 Å². The van der Waals surface area contributed by atoms with Gasteiger partial charge in [-0.25, -0.2) is 0 Å². The number of aldehydes is 1. The maximum atomic E-state index is 12.5. The average molecular weight is 284 g/mol. The molecule has 1 heterocycles. The third kappa shape index (κ3) is 2.02. The number of fused-ring (bicyclic) bond motifs is 1. The Balaban J connectivity index is 2.22. The van der Waals surface area contributed by atoms with Crippen LogP contribution in [-0.2, 0) is 0 Å². The lowest BCUT2D eigenvalue weighted by atomic mass is 10.2. The predicted molar refractivity (Wildman–Crippen MR) is 78.5 cm³/mol. The lowest BCUT2D eigenvalue weighted by molar-refractivity contribution is 0.0965. The van der Waals surface area contributed by atoms with E-state index in [9.17, 15) is 9.59 Å². The van der Waals surface area contributed by atoms with Crippen LogP contribution < -0.4 is 0 Å². The van der Waals surface area contributed by atoms with Crippen LogP contribution in [0.15, 0.2) is 54.7 Å². The van der Waals surface area contributed by atoms with E-state index in [2.05, 4.69) is 0 Å². The minimum absolute atomic E-state index is 0.175. The molecule has 98 valence electrons. The molecule has 20 heavy (non-hydrogen) atoms. The first kappa shape index (κ1) is 12.6. The van der Waals surface area contributed by atoms with E-state index in [0.717, 1.165) is 6.29 Å². The van der Waals surface area contributed by atoms with Crippen LogP contribution in [0.4, 0.5) is 0 Å². The monoisotopic (exact) mass is 283 g/mol. The second-order valence-corrected chi connectivity index (χ2v) is 4.84. The Morgan fingerprint density at radius 2 is 1.85 bits per heavy atom. The number of carbonyl (C=O) groups excluding carboxylic acids is 2. The van der Waals surface area contributed by atoms with Crippen molar-refractivity contribution in [3.05, 3.63) is 70.9 Å². The normalized spacial score (nSPS) is 10.7. The number of aromatic nitrogens is 1. The molecular weight excluding hydrogens is 274 g/mol. The number of hydrogen-bond acceptors (Lipinski definition) is 2. The van der Waals surface area contributed by atoms with E-state index in [0.29, 0.717) is 27.1 Å². The molecule has 0 fully saturated rings. The van der Waals surface area contributed by atoms with Gasteiger partial charge in [-0.05, 0) is 30.3 Å². The largest absolute Gasteiger partial charge is 0.298 e. The summed E-state index contributed by atoms with van der Waals surface area (Å²) in [6.07, 6.45) is 2.27. The van der Waals surface area contributed by atoms with Crippen molar-refractivity contribution >= 4 is 34.7 Å². The van der Waals surface area contributed by atoms with Crippen molar-refractivity contribution in [1.82, 2.24) is 4.57 Å². The van der Waals surface area contributed by atoms with Gasteiger partial charge < -0.3 is 0 Å². The molecule has 4 heteroatoms. The standard InChI is InChI=1S/C16H10ClNO2/c17-13-6-7-15-14(8-13)12(10-19)9-18(15)16(20)11-4-2-1-3-5-11/h1-10H. The number of halogens is 1. The highest BCUT2D eigenvalue weighted by molar-refractivity contribution is 6.31. The number of nitrogens with zero attached hydrogens (tertiary/aromatic N) is 1. The molecule has 3 nitrogen and oxygen atoms in total. The van der Waals surface area contributed by atoms with Crippen LogP contribution in [0.25, 0.3) is 10.9 Å². The fraction of sp³-hybridized carbons (Fsp3) is 0. The third-order valence-corrected chi connectivity index (χ3v) is 3.40. The summed E-state index contributed by atoms with van der Waals surface area (Å²) in [4.78, 5) is 23.6. The van der Waals surface area contributed by atoms with Crippen molar-refractivity contribution in [1.29, 1.82) is 0 Å². The highest BCUT2D eigenvalue weighted by Gasteiger charge is 2.14. The summed E-state index contributed by atoms with van der Waals surface area (Å²) < 4.78 is 1.48. The topological polar surface area (TPSA) is 39.1 Å². The zero-order valence-electron chi connectivity index (χ0n) is 10.4. The van der Waals surface area contributed by atoms with Crippen molar-refractivity contribution < 1.29 is 9.59 Å². The minimum Gasteiger partial charge on any atom is -0.298 e. The lowest BCUT2D eigenvalue weighted by Crippen LogP contribution is -2.10. The molecule has 0 N–H and O–H groups in total. The molecule has 0 saturated carbocycles. The van der Waals surface area contributed by atoms with Crippen LogP contribution in [0.5, 0.6) is 0 Å². The lowest BCUT2D eigenvalue weighted by Gasteiger charge is -2.04. The Morgan fingerprint density at radius 1 is 1.10 bits per heavy atom. The van der Waals surface area contributed by atoms with Gasteiger partial charge >= 0.3 is 0 Å². The van der Waals surface area contributed by atoms with Crippen molar-refractivity contribution in [2.45, 2.75) is 0 Å². The van der Waals surface area contributed by atoms with Gasteiger partial charge in [0, 0.05) is 27.7 Å². The summed E-state index contributed by atoms with van der Waals surface area (Å²) in [5.74, 6) is -0.175. The van der Waals surface area contributed by atoms with Gasteiger partial charge in [0.15, 0.2) is 6.29 Å². The average Bonchev–Trinajstić information content (AvgIpc) is 2.85.